The third-order valence-corrected chi connectivity index (χ3v) is 8.03. The summed E-state index contributed by atoms with van der Waals surface area (Å²) >= 11 is 0. The molecule has 1 saturated heterocycles. The first-order chi connectivity index (χ1) is 16.3. The molecule has 182 valence electrons. The number of amides is 2. The fourth-order valence-corrected chi connectivity index (χ4v) is 5.86. The molecule has 0 aromatic heterocycles. The summed E-state index contributed by atoms with van der Waals surface area (Å²) < 4.78 is 38.0. The third kappa shape index (κ3) is 4.94. The standard InChI is InChI=1S/C24H29N3O6S/c1-17(28)27-22-7-6-21(34(30,31)26-10-12-33-13-11-26)15-19(22)16-23(27)24(29)25-9-8-18-4-3-5-20(14-18)32-2/h3-7,14-15,23H,8-13,16H2,1-2H3,(H,25,29)/t23-/m1/s1. The van der Waals surface area contributed by atoms with Crippen LogP contribution in [-0.2, 0) is 37.2 Å². The zero-order chi connectivity index (χ0) is 24.3. The molecule has 2 aliphatic heterocycles. The molecule has 0 radical (unpaired) electrons. The number of methoxy groups -OCH3 is 1. The highest BCUT2D eigenvalue weighted by Crippen LogP contribution is 2.35. The van der Waals surface area contributed by atoms with Crippen LogP contribution in [0.3, 0.4) is 0 Å². The second-order valence-electron chi connectivity index (χ2n) is 8.31. The zero-order valence-electron chi connectivity index (χ0n) is 19.3. The number of carbonyl (C=O) groups excluding carboxylic acids is 2. The Balaban J connectivity index is 1.47. The summed E-state index contributed by atoms with van der Waals surface area (Å²) in [5, 5.41) is 2.91. The van der Waals surface area contributed by atoms with E-state index in [1.807, 2.05) is 24.3 Å². The first kappa shape index (κ1) is 24.2. The lowest BCUT2D eigenvalue weighted by atomic mass is 10.1. The summed E-state index contributed by atoms with van der Waals surface area (Å²) in [4.78, 5) is 27.0. The van der Waals surface area contributed by atoms with Crippen molar-refractivity contribution >= 4 is 27.5 Å². The minimum Gasteiger partial charge on any atom is -0.497 e. The number of benzene rings is 2. The summed E-state index contributed by atoms with van der Waals surface area (Å²) in [5.41, 5.74) is 2.26. The van der Waals surface area contributed by atoms with Crippen LogP contribution in [0, 0.1) is 0 Å². The van der Waals surface area contributed by atoms with Gasteiger partial charge in [0.25, 0.3) is 0 Å². The van der Waals surface area contributed by atoms with Crippen LogP contribution in [0.1, 0.15) is 18.1 Å². The van der Waals surface area contributed by atoms with Gasteiger partial charge in [-0.2, -0.15) is 4.31 Å². The lowest BCUT2D eigenvalue weighted by molar-refractivity contribution is -0.125. The van der Waals surface area contributed by atoms with Gasteiger partial charge in [0.15, 0.2) is 0 Å². The van der Waals surface area contributed by atoms with Crippen LogP contribution in [0.5, 0.6) is 5.75 Å². The van der Waals surface area contributed by atoms with Crippen LogP contribution < -0.4 is 15.0 Å². The lowest BCUT2D eigenvalue weighted by Crippen LogP contribution is -2.47. The Morgan fingerprint density at radius 1 is 1.15 bits per heavy atom. The van der Waals surface area contributed by atoms with Crippen LogP contribution in [0.2, 0.25) is 0 Å². The number of ether oxygens (including phenoxy) is 2. The normalized spacial score (nSPS) is 18.4. The number of sulfonamides is 1. The Labute approximate surface area is 199 Å². The van der Waals surface area contributed by atoms with Crippen LogP contribution in [-0.4, -0.2) is 70.5 Å². The number of hydrogen-bond acceptors (Lipinski definition) is 6. The molecule has 10 heteroatoms. The molecule has 0 bridgehead atoms. The molecule has 2 amide bonds. The Morgan fingerprint density at radius 2 is 1.91 bits per heavy atom. The number of rotatable bonds is 7. The van der Waals surface area contributed by atoms with E-state index in [-0.39, 0.29) is 23.1 Å². The molecule has 2 aliphatic rings. The predicted molar refractivity (Wildman–Crippen MR) is 126 cm³/mol. The van der Waals surface area contributed by atoms with E-state index in [0.29, 0.717) is 50.5 Å². The lowest BCUT2D eigenvalue weighted by Gasteiger charge is -2.26. The van der Waals surface area contributed by atoms with Crippen LogP contribution in [0.25, 0.3) is 0 Å². The number of hydrogen-bond donors (Lipinski definition) is 1. The zero-order valence-corrected chi connectivity index (χ0v) is 20.1. The van der Waals surface area contributed by atoms with E-state index < -0.39 is 16.1 Å². The van der Waals surface area contributed by atoms with Crippen molar-refractivity contribution in [2.45, 2.75) is 30.7 Å². The third-order valence-electron chi connectivity index (χ3n) is 6.13. The molecular weight excluding hydrogens is 458 g/mol. The molecule has 9 nitrogen and oxygen atoms in total. The molecule has 0 saturated carbocycles. The van der Waals surface area contributed by atoms with E-state index in [0.717, 1.165) is 11.3 Å². The largest absolute Gasteiger partial charge is 0.497 e. The van der Waals surface area contributed by atoms with Crippen LogP contribution >= 0.6 is 0 Å². The smallest absolute Gasteiger partial charge is 0.243 e. The average molecular weight is 488 g/mol. The van der Waals surface area contributed by atoms with E-state index in [1.165, 1.54) is 22.2 Å². The first-order valence-electron chi connectivity index (χ1n) is 11.2. The maximum absolute atomic E-state index is 13.0. The van der Waals surface area contributed by atoms with Gasteiger partial charge in [-0.1, -0.05) is 12.1 Å². The van der Waals surface area contributed by atoms with Crippen molar-refractivity contribution in [1.82, 2.24) is 9.62 Å². The number of nitrogens with one attached hydrogen (secondary N) is 1. The van der Waals surface area contributed by atoms with Crippen molar-refractivity contribution < 1.29 is 27.5 Å². The van der Waals surface area contributed by atoms with Gasteiger partial charge in [0.05, 0.1) is 25.2 Å². The quantitative estimate of drug-likeness (QED) is 0.632. The van der Waals surface area contributed by atoms with E-state index in [4.69, 9.17) is 9.47 Å². The topological polar surface area (TPSA) is 105 Å². The van der Waals surface area contributed by atoms with Gasteiger partial charge in [-0.25, -0.2) is 8.42 Å². The minimum absolute atomic E-state index is 0.163. The molecule has 1 atom stereocenters. The molecule has 0 spiro atoms. The van der Waals surface area contributed by atoms with Crippen LogP contribution in [0.15, 0.2) is 47.4 Å². The molecule has 4 rings (SSSR count). The number of fused-ring (bicyclic) bond motifs is 1. The minimum atomic E-state index is -3.67. The van der Waals surface area contributed by atoms with Gasteiger partial charge in [0, 0.05) is 38.7 Å². The van der Waals surface area contributed by atoms with E-state index in [9.17, 15) is 18.0 Å². The average Bonchev–Trinajstić information content (AvgIpc) is 3.24. The van der Waals surface area contributed by atoms with Crippen LogP contribution in [0.4, 0.5) is 5.69 Å². The second-order valence-corrected chi connectivity index (χ2v) is 10.2. The molecule has 1 N–H and O–H groups in total. The highest BCUT2D eigenvalue weighted by atomic mass is 32.2. The molecule has 0 aliphatic carbocycles. The highest BCUT2D eigenvalue weighted by molar-refractivity contribution is 7.89. The summed E-state index contributed by atoms with van der Waals surface area (Å²) in [6.07, 6.45) is 0.872. The molecule has 2 aromatic carbocycles. The van der Waals surface area contributed by atoms with Gasteiger partial charge < -0.3 is 14.8 Å². The Hall–Kier alpha value is -2.95. The number of anilines is 1. The van der Waals surface area contributed by atoms with Gasteiger partial charge in [-0.3, -0.25) is 14.5 Å². The summed E-state index contributed by atoms with van der Waals surface area (Å²) in [5.74, 6) is 0.211. The molecule has 0 unspecified atom stereocenters. The fraction of sp³-hybridized carbons (Fsp3) is 0.417. The molecular formula is C24H29N3O6S. The van der Waals surface area contributed by atoms with Gasteiger partial charge in [0.2, 0.25) is 21.8 Å². The number of morpholine rings is 1. The van der Waals surface area contributed by atoms with Crippen molar-refractivity contribution in [2.24, 2.45) is 0 Å². The highest BCUT2D eigenvalue weighted by Gasteiger charge is 2.38. The van der Waals surface area contributed by atoms with Crippen molar-refractivity contribution in [3.05, 3.63) is 53.6 Å². The van der Waals surface area contributed by atoms with Gasteiger partial charge in [0.1, 0.15) is 11.8 Å². The first-order valence-corrected chi connectivity index (χ1v) is 12.7. The SMILES string of the molecule is COc1cccc(CCNC(=O)[C@H]2Cc3cc(S(=O)(=O)N4CCOCC4)ccc3N2C(C)=O)c1. The summed E-state index contributed by atoms with van der Waals surface area (Å²) in [6, 6.07) is 11.6. The van der Waals surface area contributed by atoms with Crippen molar-refractivity contribution in [2.75, 3.05) is 44.9 Å². The van der Waals surface area contributed by atoms with Crippen molar-refractivity contribution in [1.29, 1.82) is 0 Å². The van der Waals surface area contributed by atoms with E-state index >= 15 is 0 Å². The Morgan fingerprint density at radius 3 is 2.62 bits per heavy atom. The number of carbonyl (C=O) groups is 2. The Bertz CT molecular complexity index is 1180. The summed E-state index contributed by atoms with van der Waals surface area (Å²) in [6.45, 7) is 3.14. The molecule has 34 heavy (non-hydrogen) atoms. The fourth-order valence-electron chi connectivity index (χ4n) is 4.40. The molecule has 1 fully saturated rings. The van der Waals surface area contributed by atoms with E-state index in [1.54, 1.807) is 19.2 Å². The van der Waals surface area contributed by atoms with Gasteiger partial charge in [-0.15, -0.1) is 0 Å². The number of nitrogens with zero attached hydrogens (tertiary/aromatic N) is 2. The van der Waals surface area contributed by atoms with Crippen molar-refractivity contribution in [3.8, 4) is 5.75 Å². The molecule has 2 heterocycles. The second kappa shape index (κ2) is 10.1. The van der Waals surface area contributed by atoms with E-state index in [2.05, 4.69) is 5.32 Å². The summed E-state index contributed by atoms with van der Waals surface area (Å²) in [7, 11) is -2.07. The van der Waals surface area contributed by atoms with Crippen molar-refractivity contribution in [3.63, 3.8) is 0 Å². The van der Waals surface area contributed by atoms with Gasteiger partial charge >= 0.3 is 0 Å². The maximum atomic E-state index is 13.0. The van der Waals surface area contributed by atoms with Gasteiger partial charge in [-0.05, 0) is 47.9 Å². The molecule has 2 aromatic rings. The maximum Gasteiger partial charge on any atom is 0.243 e. The Kier molecular flexibility index (Phi) is 7.20. The monoisotopic (exact) mass is 487 g/mol. The predicted octanol–water partition coefficient (Wildman–Crippen LogP) is 1.35.